The van der Waals surface area contributed by atoms with Crippen LogP contribution in [0.4, 0.5) is 5.82 Å². The molecule has 0 saturated heterocycles. The predicted octanol–water partition coefficient (Wildman–Crippen LogP) is 1.64. The van der Waals surface area contributed by atoms with Gasteiger partial charge in [0.1, 0.15) is 5.82 Å². The predicted molar refractivity (Wildman–Crippen MR) is 49.4 cm³/mol. The molecule has 5 heteroatoms. The van der Waals surface area contributed by atoms with E-state index in [9.17, 15) is 0 Å². The smallest absolute Gasteiger partial charge is 0.141 e. The Hall–Kier alpha value is -0.410. The summed E-state index contributed by atoms with van der Waals surface area (Å²) in [6.07, 6.45) is 6.26. The minimum absolute atomic E-state index is 0. The maximum Gasteiger partial charge on any atom is 0.141 e. The molecule has 2 N–H and O–H groups in total. The van der Waals surface area contributed by atoms with Gasteiger partial charge in [-0.2, -0.15) is 0 Å². The van der Waals surface area contributed by atoms with E-state index in [1.165, 1.54) is 12.8 Å². The molecule has 0 radical (unpaired) electrons. The van der Waals surface area contributed by atoms with E-state index < -0.39 is 0 Å². The molecule has 64 valence electrons. The highest BCUT2D eigenvalue weighted by molar-refractivity contribution is 5.85. The number of halogens is 2. The van der Waals surface area contributed by atoms with Crippen molar-refractivity contribution in [2.75, 3.05) is 5.73 Å². The van der Waals surface area contributed by atoms with E-state index in [4.69, 9.17) is 5.73 Å². The summed E-state index contributed by atoms with van der Waals surface area (Å²) in [6.45, 7) is 0. The molecule has 0 aromatic carbocycles. The Bertz CT molecular complexity index is 219. The van der Waals surface area contributed by atoms with Crippen molar-refractivity contribution in [2.45, 2.75) is 18.9 Å². The van der Waals surface area contributed by atoms with Gasteiger partial charge in [0.25, 0.3) is 0 Å². The molecule has 0 bridgehead atoms. The Balaban J connectivity index is 0.000000500. The van der Waals surface area contributed by atoms with Gasteiger partial charge in [0.15, 0.2) is 0 Å². The largest absolute Gasteiger partial charge is 0.382 e. The van der Waals surface area contributed by atoms with Crippen molar-refractivity contribution in [2.24, 2.45) is 0 Å². The zero-order valence-corrected chi connectivity index (χ0v) is 7.57. The first-order valence-electron chi connectivity index (χ1n) is 3.15. The van der Waals surface area contributed by atoms with Gasteiger partial charge in [0.05, 0.1) is 6.33 Å². The lowest BCUT2D eigenvalue weighted by Crippen LogP contribution is -1.87. The number of hydrogen-bond donors (Lipinski definition) is 1. The maximum atomic E-state index is 5.41. The monoisotopic (exact) mass is 195 g/mol. The van der Waals surface area contributed by atoms with Gasteiger partial charge in [-0.3, -0.25) is 0 Å². The molecule has 0 spiro atoms. The van der Waals surface area contributed by atoms with E-state index in [0.717, 1.165) is 0 Å². The Morgan fingerprint density at radius 2 is 2.09 bits per heavy atom. The molecule has 3 nitrogen and oxygen atoms in total. The second-order valence-corrected chi connectivity index (χ2v) is 2.48. The fourth-order valence-electron chi connectivity index (χ4n) is 0.925. The molecule has 0 amide bonds. The summed E-state index contributed by atoms with van der Waals surface area (Å²) in [5.41, 5.74) is 5.41. The van der Waals surface area contributed by atoms with Crippen LogP contribution in [0, 0.1) is 0 Å². The highest BCUT2D eigenvalue weighted by atomic mass is 35.5. The highest BCUT2D eigenvalue weighted by Crippen LogP contribution is 2.34. The number of nitrogens with zero attached hydrogens (tertiary/aromatic N) is 2. The van der Waals surface area contributed by atoms with Crippen LogP contribution >= 0.6 is 24.8 Å². The minimum atomic E-state index is 0. The Morgan fingerprint density at radius 3 is 2.45 bits per heavy atom. The molecule has 1 aliphatic rings. The van der Waals surface area contributed by atoms with Gasteiger partial charge in [-0.1, -0.05) is 0 Å². The van der Waals surface area contributed by atoms with Crippen LogP contribution in [-0.4, -0.2) is 9.55 Å². The van der Waals surface area contributed by atoms with Crippen LogP contribution in [0.5, 0.6) is 0 Å². The second-order valence-electron chi connectivity index (χ2n) is 2.48. The Kier molecular flexibility index (Phi) is 3.69. The molecule has 2 rings (SSSR count). The third-order valence-electron chi connectivity index (χ3n) is 1.59. The summed E-state index contributed by atoms with van der Waals surface area (Å²) >= 11 is 0. The van der Waals surface area contributed by atoms with Crippen LogP contribution in [0.2, 0.25) is 0 Å². The van der Waals surface area contributed by atoms with Crippen molar-refractivity contribution in [3.8, 4) is 0 Å². The van der Waals surface area contributed by atoms with E-state index in [0.29, 0.717) is 11.9 Å². The first kappa shape index (κ1) is 10.6. The molecule has 1 aromatic heterocycles. The minimum Gasteiger partial charge on any atom is -0.382 e. The third kappa shape index (κ3) is 2.27. The Labute approximate surface area is 77.8 Å². The van der Waals surface area contributed by atoms with Gasteiger partial charge in [-0.25, -0.2) is 4.98 Å². The van der Waals surface area contributed by atoms with Gasteiger partial charge in [-0.05, 0) is 12.8 Å². The van der Waals surface area contributed by atoms with Crippen molar-refractivity contribution >= 4 is 30.6 Å². The van der Waals surface area contributed by atoms with Crippen molar-refractivity contribution in [1.82, 2.24) is 9.55 Å². The van der Waals surface area contributed by atoms with Crippen LogP contribution in [0.1, 0.15) is 18.9 Å². The number of rotatable bonds is 1. The number of hydrogen-bond acceptors (Lipinski definition) is 2. The Morgan fingerprint density at radius 1 is 1.45 bits per heavy atom. The van der Waals surface area contributed by atoms with E-state index in [1.54, 1.807) is 6.33 Å². The molecule has 1 saturated carbocycles. The van der Waals surface area contributed by atoms with Crippen molar-refractivity contribution in [1.29, 1.82) is 0 Å². The fraction of sp³-hybridized carbons (Fsp3) is 0.500. The summed E-state index contributed by atoms with van der Waals surface area (Å²) in [7, 11) is 0. The van der Waals surface area contributed by atoms with E-state index in [-0.39, 0.29) is 24.8 Å². The fourth-order valence-corrected chi connectivity index (χ4v) is 0.925. The van der Waals surface area contributed by atoms with Crippen LogP contribution in [0.15, 0.2) is 12.5 Å². The molecular weight excluding hydrogens is 185 g/mol. The van der Waals surface area contributed by atoms with Crippen molar-refractivity contribution in [3.05, 3.63) is 12.5 Å². The van der Waals surface area contributed by atoms with E-state index >= 15 is 0 Å². The molecule has 0 aliphatic heterocycles. The zero-order chi connectivity index (χ0) is 6.27. The summed E-state index contributed by atoms with van der Waals surface area (Å²) in [5, 5.41) is 0. The van der Waals surface area contributed by atoms with Crippen LogP contribution < -0.4 is 5.73 Å². The zero-order valence-electron chi connectivity index (χ0n) is 5.93. The summed E-state index contributed by atoms with van der Waals surface area (Å²) in [5.74, 6) is 0.627. The van der Waals surface area contributed by atoms with Crippen molar-refractivity contribution in [3.63, 3.8) is 0 Å². The van der Waals surface area contributed by atoms with Gasteiger partial charge in [0.2, 0.25) is 0 Å². The summed E-state index contributed by atoms with van der Waals surface area (Å²) in [4.78, 5) is 3.92. The molecule has 0 unspecified atom stereocenters. The summed E-state index contributed by atoms with van der Waals surface area (Å²) < 4.78 is 2.08. The molecule has 1 heterocycles. The first-order chi connectivity index (χ1) is 4.36. The molecule has 1 aliphatic carbocycles. The quantitative estimate of drug-likeness (QED) is 0.741. The number of imidazole rings is 1. The summed E-state index contributed by atoms with van der Waals surface area (Å²) in [6, 6.07) is 0.704. The lowest BCUT2D eigenvalue weighted by molar-refractivity contribution is 0.741. The van der Waals surface area contributed by atoms with Gasteiger partial charge in [0, 0.05) is 12.2 Å². The normalized spacial score (nSPS) is 14.9. The van der Waals surface area contributed by atoms with Gasteiger partial charge >= 0.3 is 0 Å². The lowest BCUT2D eigenvalue weighted by Gasteiger charge is -1.91. The second kappa shape index (κ2) is 3.83. The highest BCUT2D eigenvalue weighted by Gasteiger charge is 2.22. The van der Waals surface area contributed by atoms with Crippen molar-refractivity contribution < 1.29 is 0 Å². The lowest BCUT2D eigenvalue weighted by atomic mass is 10.6. The average Bonchev–Trinajstić information content (AvgIpc) is 2.58. The van der Waals surface area contributed by atoms with Crippen LogP contribution in [0.3, 0.4) is 0 Å². The molecule has 11 heavy (non-hydrogen) atoms. The molecule has 1 aromatic rings. The average molecular weight is 196 g/mol. The third-order valence-corrected chi connectivity index (χ3v) is 1.59. The number of anilines is 1. The topological polar surface area (TPSA) is 43.8 Å². The van der Waals surface area contributed by atoms with Crippen LogP contribution in [-0.2, 0) is 0 Å². The van der Waals surface area contributed by atoms with Crippen LogP contribution in [0.25, 0.3) is 0 Å². The SMILES string of the molecule is Cl.Cl.Nc1cn(C2CC2)cn1. The number of nitrogens with two attached hydrogens (primary N) is 1. The molecule has 1 fully saturated rings. The number of nitrogen functional groups attached to an aromatic ring is 1. The first-order valence-corrected chi connectivity index (χ1v) is 3.15. The van der Waals surface area contributed by atoms with Gasteiger partial charge in [-0.15, -0.1) is 24.8 Å². The van der Waals surface area contributed by atoms with E-state index in [2.05, 4.69) is 9.55 Å². The van der Waals surface area contributed by atoms with E-state index in [1.807, 2.05) is 6.20 Å². The maximum absolute atomic E-state index is 5.41. The van der Waals surface area contributed by atoms with Gasteiger partial charge < -0.3 is 10.3 Å². The molecular formula is C6H11Cl2N3. The standard InChI is InChI=1S/C6H9N3.2ClH/c7-6-3-9(4-8-6)5-1-2-5;;/h3-5H,1-2,7H2;2*1H. The molecule has 0 atom stereocenters. The number of aromatic nitrogens is 2.